The van der Waals surface area contributed by atoms with Crippen molar-refractivity contribution >= 4 is 6.09 Å². The van der Waals surface area contributed by atoms with Crippen LogP contribution >= 0.6 is 0 Å². The molecule has 130 valence electrons. The zero-order chi connectivity index (χ0) is 15.9. The minimum Gasteiger partial charge on any atom is -0.450 e. The van der Waals surface area contributed by atoms with Gasteiger partial charge in [0.25, 0.3) is 0 Å². The van der Waals surface area contributed by atoms with Gasteiger partial charge in [-0.15, -0.1) is 0 Å². The van der Waals surface area contributed by atoms with Crippen LogP contribution in [0.25, 0.3) is 0 Å². The summed E-state index contributed by atoms with van der Waals surface area (Å²) in [4.78, 5) is 11.6. The highest BCUT2D eigenvalue weighted by Gasteiger charge is 2.15. The van der Waals surface area contributed by atoms with Gasteiger partial charge in [0.05, 0.1) is 6.61 Å². The van der Waals surface area contributed by atoms with Crippen LogP contribution < -0.4 is 5.32 Å². The Morgan fingerprint density at radius 1 is 0.864 bits per heavy atom. The Morgan fingerprint density at radius 2 is 1.41 bits per heavy atom. The van der Waals surface area contributed by atoms with Gasteiger partial charge in [0.15, 0.2) is 0 Å². The molecule has 1 aliphatic carbocycles. The first-order valence-corrected chi connectivity index (χ1v) is 9.76. The summed E-state index contributed by atoms with van der Waals surface area (Å²) in [6.45, 7) is 2.84. The normalized spacial score (nSPS) is 15.7. The summed E-state index contributed by atoms with van der Waals surface area (Å²) in [5.41, 5.74) is 0. The van der Waals surface area contributed by atoms with Crippen LogP contribution in [0.2, 0.25) is 0 Å². The van der Waals surface area contributed by atoms with Crippen molar-refractivity contribution in [3.8, 4) is 0 Å². The molecule has 1 saturated carbocycles. The van der Waals surface area contributed by atoms with Crippen molar-refractivity contribution in [2.45, 2.75) is 109 Å². The van der Waals surface area contributed by atoms with Crippen molar-refractivity contribution in [3.05, 3.63) is 0 Å². The smallest absolute Gasteiger partial charge is 0.407 e. The summed E-state index contributed by atoms with van der Waals surface area (Å²) in [6, 6.07) is 0.356. The van der Waals surface area contributed by atoms with Crippen LogP contribution in [0.4, 0.5) is 4.79 Å². The average molecular weight is 312 g/mol. The molecule has 0 aromatic carbocycles. The van der Waals surface area contributed by atoms with E-state index in [-0.39, 0.29) is 6.09 Å². The standard InChI is InChI=1S/C19H37NO2/c1-2-3-4-5-6-7-8-9-10-14-17-22-19(21)20-18-15-12-11-13-16-18/h18H,2-17H2,1H3,(H,20,21). The zero-order valence-corrected chi connectivity index (χ0v) is 14.7. The van der Waals surface area contributed by atoms with Crippen molar-refractivity contribution in [3.63, 3.8) is 0 Å². The summed E-state index contributed by atoms with van der Waals surface area (Å²) in [5.74, 6) is 0. The van der Waals surface area contributed by atoms with E-state index < -0.39 is 0 Å². The Kier molecular flexibility index (Phi) is 12.2. The van der Waals surface area contributed by atoms with E-state index >= 15 is 0 Å². The zero-order valence-electron chi connectivity index (χ0n) is 14.7. The van der Waals surface area contributed by atoms with E-state index in [0.29, 0.717) is 12.6 Å². The third-order valence-electron chi connectivity index (χ3n) is 4.66. The molecule has 0 aliphatic heterocycles. The number of hydrogen-bond acceptors (Lipinski definition) is 2. The fourth-order valence-corrected chi connectivity index (χ4v) is 3.21. The fourth-order valence-electron chi connectivity index (χ4n) is 3.21. The number of carbonyl (C=O) groups excluding carboxylic acids is 1. The maximum atomic E-state index is 11.6. The van der Waals surface area contributed by atoms with E-state index in [1.165, 1.54) is 77.0 Å². The van der Waals surface area contributed by atoms with Crippen molar-refractivity contribution in [1.82, 2.24) is 5.32 Å². The monoisotopic (exact) mass is 311 g/mol. The van der Waals surface area contributed by atoms with E-state index in [4.69, 9.17) is 4.74 Å². The maximum Gasteiger partial charge on any atom is 0.407 e. The highest BCUT2D eigenvalue weighted by molar-refractivity contribution is 5.67. The molecule has 0 heterocycles. The average Bonchev–Trinajstić information content (AvgIpc) is 2.53. The Bertz CT molecular complexity index is 262. The van der Waals surface area contributed by atoms with Crippen molar-refractivity contribution in [2.75, 3.05) is 6.61 Å². The predicted octanol–water partition coefficient (Wildman–Crippen LogP) is 5.97. The van der Waals surface area contributed by atoms with E-state index in [1.807, 2.05) is 0 Å². The van der Waals surface area contributed by atoms with E-state index in [0.717, 1.165) is 19.3 Å². The van der Waals surface area contributed by atoms with Crippen LogP contribution in [0.5, 0.6) is 0 Å². The Morgan fingerprint density at radius 3 is 2.00 bits per heavy atom. The van der Waals surface area contributed by atoms with Gasteiger partial charge < -0.3 is 10.1 Å². The quantitative estimate of drug-likeness (QED) is 0.451. The third-order valence-corrected chi connectivity index (χ3v) is 4.66. The van der Waals surface area contributed by atoms with Crippen molar-refractivity contribution in [1.29, 1.82) is 0 Å². The number of rotatable bonds is 12. The molecule has 1 fully saturated rings. The van der Waals surface area contributed by atoms with Gasteiger partial charge in [0.1, 0.15) is 0 Å². The minimum absolute atomic E-state index is 0.206. The summed E-state index contributed by atoms with van der Waals surface area (Å²) in [5, 5.41) is 2.99. The third kappa shape index (κ3) is 10.9. The molecule has 0 aromatic rings. The van der Waals surface area contributed by atoms with Gasteiger partial charge in [-0.25, -0.2) is 4.79 Å². The minimum atomic E-state index is -0.206. The van der Waals surface area contributed by atoms with Gasteiger partial charge in [-0.2, -0.15) is 0 Å². The summed E-state index contributed by atoms with van der Waals surface area (Å²) in [7, 11) is 0. The molecule has 1 aliphatic rings. The summed E-state index contributed by atoms with van der Waals surface area (Å²) in [6.07, 6.45) is 18.9. The Hall–Kier alpha value is -0.730. The lowest BCUT2D eigenvalue weighted by atomic mass is 9.96. The SMILES string of the molecule is CCCCCCCCCCCCOC(=O)NC1CCCCC1. The second-order valence-electron chi connectivity index (χ2n) is 6.80. The largest absolute Gasteiger partial charge is 0.450 e. The summed E-state index contributed by atoms with van der Waals surface area (Å²) < 4.78 is 5.27. The van der Waals surface area contributed by atoms with Crippen LogP contribution in [-0.2, 0) is 4.74 Å². The van der Waals surface area contributed by atoms with Crippen LogP contribution in [-0.4, -0.2) is 18.7 Å². The highest BCUT2D eigenvalue weighted by Crippen LogP contribution is 2.17. The number of unbranched alkanes of at least 4 members (excludes halogenated alkanes) is 9. The second-order valence-corrected chi connectivity index (χ2v) is 6.80. The molecule has 0 spiro atoms. The van der Waals surface area contributed by atoms with Crippen molar-refractivity contribution in [2.24, 2.45) is 0 Å². The maximum absolute atomic E-state index is 11.6. The Balaban J connectivity index is 1.79. The Labute approximate surface area is 137 Å². The van der Waals surface area contributed by atoms with Crippen molar-refractivity contribution < 1.29 is 9.53 Å². The molecule has 1 amide bonds. The topological polar surface area (TPSA) is 38.3 Å². The van der Waals surface area contributed by atoms with E-state index in [1.54, 1.807) is 0 Å². The van der Waals surface area contributed by atoms with Crippen LogP contribution in [0, 0.1) is 0 Å². The number of carbonyl (C=O) groups is 1. The van der Waals surface area contributed by atoms with Gasteiger partial charge in [-0.1, -0.05) is 84.0 Å². The molecule has 0 aromatic heterocycles. The summed E-state index contributed by atoms with van der Waals surface area (Å²) >= 11 is 0. The number of hydrogen-bond donors (Lipinski definition) is 1. The molecule has 1 N–H and O–H groups in total. The number of ether oxygens (including phenoxy) is 1. The fraction of sp³-hybridized carbons (Fsp3) is 0.947. The molecule has 3 nitrogen and oxygen atoms in total. The molecule has 0 radical (unpaired) electrons. The van der Waals surface area contributed by atoms with Gasteiger partial charge in [-0.3, -0.25) is 0 Å². The first-order chi connectivity index (χ1) is 10.8. The predicted molar refractivity (Wildman–Crippen MR) is 93.2 cm³/mol. The van der Waals surface area contributed by atoms with Gasteiger partial charge in [-0.05, 0) is 19.3 Å². The molecule has 1 rings (SSSR count). The van der Waals surface area contributed by atoms with Gasteiger partial charge in [0.2, 0.25) is 0 Å². The molecular weight excluding hydrogens is 274 g/mol. The van der Waals surface area contributed by atoms with Crippen LogP contribution in [0.3, 0.4) is 0 Å². The number of alkyl carbamates (subject to hydrolysis) is 1. The number of nitrogens with one attached hydrogen (secondary N) is 1. The lowest BCUT2D eigenvalue weighted by molar-refractivity contribution is 0.137. The highest BCUT2D eigenvalue weighted by atomic mass is 16.5. The molecule has 3 heteroatoms. The molecular formula is C19H37NO2. The van der Waals surface area contributed by atoms with E-state index in [2.05, 4.69) is 12.2 Å². The molecule has 0 unspecified atom stereocenters. The van der Waals surface area contributed by atoms with Crippen LogP contribution in [0.15, 0.2) is 0 Å². The lowest BCUT2D eigenvalue weighted by Crippen LogP contribution is -2.36. The molecule has 0 atom stereocenters. The lowest BCUT2D eigenvalue weighted by Gasteiger charge is -2.22. The molecule has 0 saturated heterocycles. The molecule has 22 heavy (non-hydrogen) atoms. The first-order valence-electron chi connectivity index (χ1n) is 9.76. The van der Waals surface area contributed by atoms with Crippen LogP contribution in [0.1, 0.15) is 103 Å². The number of amides is 1. The molecule has 0 bridgehead atoms. The van der Waals surface area contributed by atoms with Gasteiger partial charge >= 0.3 is 6.09 Å². The second kappa shape index (κ2) is 13.9. The van der Waals surface area contributed by atoms with Gasteiger partial charge in [0, 0.05) is 6.04 Å². The van der Waals surface area contributed by atoms with E-state index in [9.17, 15) is 4.79 Å². The first kappa shape index (κ1) is 19.3.